The molecule has 0 atom stereocenters. The van der Waals surface area contributed by atoms with E-state index >= 15 is 0 Å². The first-order chi connectivity index (χ1) is 8.90. The normalized spacial score (nSPS) is 10.5. The first-order valence-electron chi connectivity index (χ1n) is 5.93. The van der Waals surface area contributed by atoms with E-state index in [2.05, 4.69) is 20.7 Å². The molecule has 0 saturated carbocycles. The monoisotopic (exact) mass is 270 g/mol. The molecule has 0 radical (unpaired) electrons. The Hall–Kier alpha value is -2.19. The SMILES string of the molecule is CC(C)N(CCCC(=O)O)C(=O)Nc1nnn(C)n1. The van der Waals surface area contributed by atoms with Crippen molar-refractivity contribution in [3.63, 3.8) is 0 Å². The van der Waals surface area contributed by atoms with Crippen molar-refractivity contribution in [3.8, 4) is 0 Å². The highest BCUT2D eigenvalue weighted by molar-refractivity contribution is 5.87. The van der Waals surface area contributed by atoms with Gasteiger partial charge >= 0.3 is 12.0 Å². The van der Waals surface area contributed by atoms with Gasteiger partial charge in [0.1, 0.15) is 0 Å². The van der Waals surface area contributed by atoms with Gasteiger partial charge in [0.15, 0.2) is 0 Å². The van der Waals surface area contributed by atoms with Gasteiger partial charge < -0.3 is 10.0 Å². The lowest BCUT2D eigenvalue weighted by Gasteiger charge is -2.25. The Bertz CT molecular complexity index is 444. The number of carboxylic acids is 1. The Balaban J connectivity index is 2.55. The third kappa shape index (κ3) is 4.90. The lowest BCUT2D eigenvalue weighted by molar-refractivity contribution is -0.137. The van der Waals surface area contributed by atoms with Crippen molar-refractivity contribution in [1.29, 1.82) is 0 Å². The lowest BCUT2D eigenvalue weighted by Crippen LogP contribution is -2.41. The van der Waals surface area contributed by atoms with E-state index in [1.165, 1.54) is 9.70 Å². The fraction of sp³-hybridized carbons (Fsp3) is 0.700. The third-order valence-corrected chi connectivity index (χ3v) is 2.40. The van der Waals surface area contributed by atoms with Crippen LogP contribution in [0.3, 0.4) is 0 Å². The van der Waals surface area contributed by atoms with Crippen molar-refractivity contribution >= 4 is 17.9 Å². The molecule has 0 aliphatic heterocycles. The zero-order valence-corrected chi connectivity index (χ0v) is 11.2. The summed E-state index contributed by atoms with van der Waals surface area (Å²) < 4.78 is 0. The van der Waals surface area contributed by atoms with Crippen molar-refractivity contribution in [3.05, 3.63) is 0 Å². The van der Waals surface area contributed by atoms with Crippen LogP contribution in [0.2, 0.25) is 0 Å². The molecule has 19 heavy (non-hydrogen) atoms. The number of carboxylic acid groups (broad SMARTS) is 1. The molecule has 2 N–H and O–H groups in total. The number of hydrogen-bond acceptors (Lipinski definition) is 5. The van der Waals surface area contributed by atoms with Crippen molar-refractivity contribution in [2.75, 3.05) is 11.9 Å². The Morgan fingerprint density at radius 1 is 1.47 bits per heavy atom. The largest absolute Gasteiger partial charge is 0.481 e. The van der Waals surface area contributed by atoms with Crippen molar-refractivity contribution in [1.82, 2.24) is 25.1 Å². The number of anilines is 1. The van der Waals surface area contributed by atoms with Gasteiger partial charge in [-0.05, 0) is 25.5 Å². The van der Waals surface area contributed by atoms with Gasteiger partial charge in [-0.3, -0.25) is 10.1 Å². The van der Waals surface area contributed by atoms with E-state index < -0.39 is 5.97 Å². The third-order valence-electron chi connectivity index (χ3n) is 2.40. The highest BCUT2D eigenvalue weighted by Gasteiger charge is 2.18. The highest BCUT2D eigenvalue weighted by atomic mass is 16.4. The molecular formula is C10H18N6O3. The van der Waals surface area contributed by atoms with Gasteiger partial charge in [0.2, 0.25) is 0 Å². The van der Waals surface area contributed by atoms with Gasteiger partial charge in [0.25, 0.3) is 5.95 Å². The summed E-state index contributed by atoms with van der Waals surface area (Å²) in [7, 11) is 1.59. The quantitative estimate of drug-likeness (QED) is 0.769. The van der Waals surface area contributed by atoms with Crippen molar-refractivity contribution in [2.45, 2.75) is 32.7 Å². The van der Waals surface area contributed by atoms with Gasteiger partial charge in [0, 0.05) is 19.0 Å². The molecule has 1 rings (SSSR count). The van der Waals surface area contributed by atoms with Gasteiger partial charge in [-0.25, -0.2) is 4.79 Å². The summed E-state index contributed by atoms with van der Waals surface area (Å²) in [6.45, 7) is 4.06. The zero-order chi connectivity index (χ0) is 14.4. The molecule has 0 aromatic carbocycles. The molecule has 106 valence electrons. The van der Waals surface area contributed by atoms with E-state index in [0.29, 0.717) is 13.0 Å². The van der Waals surface area contributed by atoms with Gasteiger partial charge in [-0.15, -0.1) is 5.10 Å². The Labute approximate surface area is 110 Å². The lowest BCUT2D eigenvalue weighted by atomic mass is 10.2. The number of aromatic nitrogens is 4. The minimum atomic E-state index is -0.875. The minimum absolute atomic E-state index is 0.0277. The molecule has 0 bridgehead atoms. The predicted molar refractivity (Wildman–Crippen MR) is 66.5 cm³/mol. The fourth-order valence-corrected chi connectivity index (χ4v) is 1.50. The molecule has 0 fully saturated rings. The average molecular weight is 270 g/mol. The number of nitrogens with one attached hydrogen (secondary N) is 1. The summed E-state index contributed by atoms with van der Waals surface area (Å²) >= 11 is 0. The highest BCUT2D eigenvalue weighted by Crippen LogP contribution is 2.05. The van der Waals surface area contributed by atoms with Crippen LogP contribution in [-0.4, -0.2) is 54.8 Å². The molecule has 0 spiro atoms. The smallest absolute Gasteiger partial charge is 0.324 e. The van der Waals surface area contributed by atoms with Crippen molar-refractivity contribution in [2.24, 2.45) is 7.05 Å². The summed E-state index contributed by atoms with van der Waals surface area (Å²) in [5.41, 5.74) is 0. The van der Waals surface area contributed by atoms with Crippen LogP contribution in [0.15, 0.2) is 0 Å². The van der Waals surface area contributed by atoms with E-state index in [1.54, 1.807) is 7.05 Å². The molecule has 2 amide bonds. The van der Waals surface area contributed by atoms with E-state index in [1.807, 2.05) is 13.8 Å². The summed E-state index contributed by atoms with van der Waals surface area (Å²) in [5, 5.41) is 22.2. The van der Waals surface area contributed by atoms with Crippen LogP contribution in [0.25, 0.3) is 0 Å². The van der Waals surface area contributed by atoms with Crippen molar-refractivity contribution < 1.29 is 14.7 Å². The van der Waals surface area contributed by atoms with E-state index in [4.69, 9.17) is 5.11 Å². The molecule has 9 nitrogen and oxygen atoms in total. The molecule has 1 aromatic rings. The topological polar surface area (TPSA) is 113 Å². The van der Waals surface area contributed by atoms with Gasteiger partial charge in [-0.2, -0.15) is 4.80 Å². The Morgan fingerprint density at radius 3 is 2.63 bits per heavy atom. The van der Waals surface area contributed by atoms with Gasteiger partial charge in [0.05, 0.1) is 7.05 Å². The standard InChI is InChI=1S/C10H18N6O3/c1-7(2)16(6-4-5-8(17)18)10(19)11-9-12-14-15(3)13-9/h7H,4-6H2,1-3H3,(H,17,18)(H,11,13,19). The number of hydrogen-bond donors (Lipinski definition) is 2. The number of aryl methyl sites for hydroxylation is 1. The second-order valence-electron chi connectivity index (χ2n) is 4.32. The molecule has 9 heteroatoms. The number of amides is 2. The number of rotatable bonds is 6. The molecule has 0 aliphatic carbocycles. The maximum absolute atomic E-state index is 12.0. The number of carbonyl (C=O) groups is 2. The number of tetrazole rings is 1. The zero-order valence-electron chi connectivity index (χ0n) is 11.2. The summed E-state index contributed by atoms with van der Waals surface area (Å²) in [6, 6.07) is -0.418. The number of urea groups is 1. The number of nitrogens with zero attached hydrogens (tertiary/aromatic N) is 5. The predicted octanol–water partition coefficient (Wildman–Crippen LogP) is 0.317. The summed E-state index contributed by atoms with van der Waals surface area (Å²) in [5.74, 6) is -0.754. The van der Waals surface area contributed by atoms with Crippen LogP contribution >= 0.6 is 0 Å². The average Bonchev–Trinajstić information content (AvgIpc) is 2.69. The second-order valence-corrected chi connectivity index (χ2v) is 4.32. The van der Waals surface area contributed by atoms with Crippen LogP contribution in [0.4, 0.5) is 10.7 Å². The van der Waals surface area contributed by atoms with Crippen LogP contribution in [0.5, 0.6) is 0 Å². The van der Waals surface area contributed by atoms with E-state index in [-0.39, 0.29) is 24.4 Å². The van der Waals surface area contributed by atoms with Gasteiger partial charge in [-0.1, -0.05) is 5.10 Å². The number of aliphatic carboxylic acids is 1. The van der Waals surface area contributed by atoms with Crippen LogP contribution < -0.4 is 5.32 Å². The van der Waals surface area contributed by atoms with E-state index in [0.717, 1.165) is 0 Å². The molecule has 0 saturated heterocycles. The Morgan fingerprint density at radius 2 is 2.16 bits per heavy atom. The molecule has 1 aromatic heterocycles. The van der Waals surface area contributed by atoms with Crippen LogP contribution in [0.1, 0.15) is 26.7 Å². The fourth-order valence-electron chi connectivity index (χ4n) is 1.50. The maximum atomic E-state index is 12.0. The minimum Gasteiger partial charge on any atom is -0.481 e. The molecule has 0 aliphatic rings. The Kier molecular flexibility index (Phi) is 5.22. The first kappa shape index (κ1) is 14.9. The first-order valence-corrected chi connectivity index (χ1v) is 5.93. The molecule has 1 heterocycles. The van der Waals surface area contributed by atoms with Crippen LogP contribution in [-0.2, 0) is 11.8 Å². The second kappa shape index (κ2) is 6.66. The summed E-state index contributed by atoms with van der Waals surface area (Å²) in [4.78, 5) is 25.2. The maximum Gasteiger partial charge on any atom is 0.324 e. The van der Waals surface area contributed by atoms with Crippen LogP contribution in [0, 0.1) is 0 Å². The molecular weight excluding hydrogens is 252 g/mol. The summed E-state index contributed by atoms with van der Waals surface area (Å²) in [6.07, 6.45) is 0.425. The van der Waals surface area contributed by atoms with E-state index in [9.17, 15) is 9.59 Å². The number of carbonyl (C=O) groups excluding carboxylic acids is 1. The molecule has 0 unspecified atom stereocenters.